The number of carbonyl (C=O) groups excluding carboxylic acids is 1. The fraction of sp³-hybridized carbons (Fsp3) is 0.917. The van der Waals surface area contributed by atoms with E-state index in [1.165, 1.54) is 7.11 Å². The van der Waals surface area contributed by atoms with Gasteiger partial charge in [0.2, 0.25) is 0 Å². The van der Waals surface area contributed by atoms with Crippen LogP contribution in [0.15, 0.2) is 0 Å². The molecule has 0 radical (unpaired) electrons. The average molecular weight is 231 g/mol. The van der Waals surface area contributed by atoms with Crippen LogP contribution in [-0.2, 0) is 14.3 Å². The number of carbonyl (C=O) groups is 1. The number of ether oxygens (including phenoxy) is 2. The van der Waals surface area contributed by atoms with Crippen LogP contribution in [0.5, 0.6) is 0 Å². The molecular formula is C12H25NO3. The summed E-state index contributed by atoms with van der Waals surface area (Å²) >= 11 is 0. The Bertz CT molecular complexity index is 183. The summed E-state index contributed by atoms with van der Waals surface area (Å²) in [6, 6.07) is -0.185. The van der Waals surface area contributed by atoms with Gasteiger partial charge >= 0.3 is 5.97 Å². The van der Waals surface area contributed by atoms with E-state index < -0.39 is 0 Å². The number of rotatable bonds is 9. The van der Waals surface area contributed by atoms with E-state index in [9.17, 15) is 4.79 Å². The predicted molar refractivity (Wildman–Crippen MR) is 64.4 cm³/mol. The number of esters is 1. The highest BCUT2D eigenvalue weighted by Crippen LogP contribution is 1.95. The van der Waals surface area contributed by atoms with Gasteiger partial charge in [-0.15, -0.1) is 0 Å². The van der Waals surface area contributed by atoms with Crippen LogP contribution >= 0.6 is 0 Å². The lowest BCUT2D eigenvalue weighted by atomic mass is 10.2. The first kappa shape index (κ1) is 15.4. The van der Waals surface area contributed by atoms with E-state index in [2.05, 4.69) is 23.9 Å². The first-order valence-electron chi connectivity index (χ1n) is 6.00. The van der Waals surface area contributed by atoms with Gasteiger partial charge in [0.05, 0.1) is 7.11 Å². The van der Waals surface area contributed by atoms with E-state index in [0.29, 0.717) is 5.92 Å². The van der Waals surface area contributed by atoms with E-state index >= 15 is 0 Å². The quantitative estimate of drug-likeness (QED) is 0.483. The topological polar surface area (TPSA) is 47.6 Å². The van der Waals surface area contributed by atoms with Crippen LogP contribution in [0.3, 0.4) is 0 Å². The summed E-state index contributed by atoms with van der Waals surface area (Å²) in [5.41, 5.74) is 0. The molecule has 0 aromatic carbocycles. The third kappa shape index (κ3) is 7.65. The van der Waals surface area contributed by atoms with Crippen LogP contribution in [0.1, 0.15) is 33.6 Å². The van der Waals surface area contributed by atoms with E-state index in [-0.39, 0.29) is 12.0 Å². The molecule has 0 rings (SSSR count). The monoisotopic (exact) mass is 231 g/mol. The molecule has 1 N–H and O–H groups in total. The van der Waals surface area contributed by atoms with Gasteiger partial charge < -0.3 is 14.8 Å². The van der Waals surface area contributed by atoms with Gasteiger partial charge in [-0.3, -0.25) is 4.79 Å². The molecule has 0 aromatic rings. The minimum Gasteiger partial charge on any atom is -0.468 e. The van der Waals surface area contributed by atoms with Crippen molar-refractivity contribution in [3.05, 3.63) is 0 Å². The van der Waals surface area contributed by atoms with Crippen molar-refractivity contribution in [2.24, 2.45) is 5.92 Å². The molecule has 16 heavy (non-hydrogen) atoms. The molecule has 0 aliphatic rings. The molecule has 96 valence electrons. The smallest absolute Gasteiger partial charge is 0.322 e. The fourth-order valence-electron chi connectivity index (χ4n) is 1.31. The van der Waals surface area contributed by atoms with Crippen molar-refractivity contribution >= 4 is 5.97 Å². The zero-order chi connectivity index (χ0) is 12.4. The third-order valence-corrected chi connectivity index (χ3v) is 2.20. The molecule has 0 saturated carbocycles. The molecule has 0 aliphatic carbocycles. The molecule has 1 unspecified atom stereocenters. The SMILES string of the molecule is CCC(NCCCOCC(C)C)C(=O)OC. The van der Waals surface area contributed by atoms with Crippen molar-refractivity contribution < 1.29 is 14.3 Å². The molecule has 0 heterocycles. The number of nitrogens with one attached hydrogen (secondary N) is 1. The lowest BCUT2D eigenvalue weighted by Crippen LogP contribution is -2.37. The van der Waals surface area contributed by atoms with Crippen molar-refractivity contribution in [1.82, 2.24) is 5.32 Å². The summed E-state index contributed by atoms with van der Waals surface area (Å²) in [7, 11) is 1.42. The highest BCUT2D eigenvalue weighted by molar-refractivity contribution is 5.75. The Morgan fingerprint density at radius 1 is 1.38 bits per heavy atom. The van der Waals surface area contributed by atoms with Gasteiger partial charge in [0.1, 0.15) is 6.04 Å². The van der Waals surface area contributed by atoms with E-state index in [4.69, 9.17) is 4.74 Å². The Hall–Kier alpha value is -0.610. The minimum absolute atomic E-state index is 0.185. The predicted octanol–water partition coefficient (Wildman–Crippen LogP) is 1.59. The van der Waals surface area contributed by atoms with Crippen molar-refractivity contribution in [3.8, 4) is 0 Å². The largest absolute Gasteiger partial charge is 0.468 e. The summed E-state index contributed by atoms with van der Waals surface area (Å²) < 4.78 is 10.1. The number of methoxy groups -OCH3 is 1. The average Bonchev–Trinajstić information content (AvgIpc) is 2.27. The van der Waals surface area contributed by atoms with Crippen LogP contribution < -0.4 is 5.32 Å². The van der Waals surface area contributed by atoms with Gasteiger partial charge in [0.25, 0.3) is 0 Å². The van der Waals surface area contributed by atoms with E-state index in [0.717, 1.165) is 32.6 Å². The van der Waals surface area contributed by atoms with Crippen LogP contribution in [-0.4, -0.2) is 38.9 Å². The van der Waals surface area contributed by atoms with E-state index in [1.807, 2.05) is 6.92 Å². The summed E-state index contributed by atoms with van der Waals surface area (Å²) in [6.45, 7) is 8.54. The Morgan fingerprint density at radius 2 is 2.06 bits per heavy atom. The highest BCUT2D eigenvalue weighted by Gasteiger charge is 2.14. The second kappa shape index (κ2) is 9.60. The van der Waals surface area contributed by atoms with Gasteiger partial charge in [0, 0.05) is 13.2 Å². The van der Waals surface area contributed by atoms with Crippen molar-refractivity contribution in [2.75, 3.05) is 26.9 Å². The molecule has 0 aromatic heterocycles. The first-order valence-corrected chi connectivity index (χ1v) is 6.00. The molecule has 0 aliphatic heterocycles. The second-order valence-corrected chi connectivity index (χ2v) is 4.26. The van der Waals surface area contributed by atoms with Crippen molar-refractivity contribution in [3.63, 3.8) is 0 Å². The van der Waals surface area contributed by atoms with Gasteiger partial charge in [-0.2, -0.15) is 0 Å². The number of hydrogen-bond donors (Lipinski definition) is 1. The first-order chi connectivity index (χ1) is 7.61. The van der Waals surface area contributed by atoms with Gasteiger partial charge in [-0.25, -0.2) is 0 Å². The lowest BCUT2D eigenvalue weighted by Gasteiger charge is -2.14. The van der Waals surface area contributed by atoms with Crippen molar-refractivity contribution in [2.45, 2.75) is 39.7 Å². The normalized spacial score (nSPS) is 12.8. The Labute approximate surface area is 98.7 Å². The summed E-state index contributed by atoms with van der Waals surface area (Å²) in [5.74, 6) is 0.386. The summed E-state index contributed by atoms with van der Waals surface area (Å²) in [5, 5.41) is 3.15. The molecular weight excluding hydrogens is 206 g/mol. The molecule has 0 saturated heterocycles. The Morgan fingerprint density at radius 3 is 2.56 bits per heavy atom. The van der Waals surface area contributed by atoms with Crippen LogP contribution in [0.4, 0.5) is 0 Å². The summed E-state index contributed by atoms with van der Waals surface area (Å²) in [6.07, 6.45) is 1.67. The molecule has 0 bridgehead atoms. The molecule has 0 spiro atoms. The molecule has 4 heteroatoms. The van der Waals surface area contributed by atoms with Crippen LogP contribution in [0.25, 0.3) is 0 Å². The zero-order valence-electron chi connectivity index (χ0n) is 10.9. The van der Waals surface area contributed by atoms with Gasteiger partial charge in [-0.05, 0) is 25.3 Å². The highest BCUT2D eigenvalue weighted by atomic mass is 16.5. The number of hydrogen-bond acceptors (Lipinski definition) is 4. The molecule has 0 amide bonds. The van der Waals surface area contributed by atoms with Crippen molar-refractivity contribution in [1.29, 1.82) is 0 Å². The maximum absolute atomic E-state index is 11.2. The maximum atomic E-state index is 11.2. The molecule has 0 fully saturated rings. The standard InChI is InChI=1S/C12H25NO3/c1-5-11(12(14)15-4)13-7-6-8-16-9-10(2)3/h10-11,13H,5-9H2,1-4H3. The Kier molecular flexibility index (Phi) is 9.24. The zero-order valence-corrected chi connectivity index (χ0v) is 10.9. The second-order valence-electron chi connectivity index (χ2n) is 4.26. The third-order valence-electron chi connectivity index (χ3n) is 2.20. The molecule has 1 atom stereocenters. The van der Waals surface area contributed by atoms with Crippen LogP contribution in [0.2, 0.25) is 0 Å². The van der Waals surface area contributed by atoms with Crippen LogP contribution in [0, 0.1) is 5.92 Å². The lowest BCUT2D eigenvalue weighted by molar-refractivity contribution is -0.143. The van der Waals surface area contributed by atoms with Gasteiger partial charge in [0.15, 0.2) is 0 Å². The Balaban J connectivity index is 3.45. The van der Waals surface area contributed by atoms with Gasteiger partial charge in [-0.1, -0.05) is 20.8 Å². The summed E-state index contributed by atoms with van der Waals surface area (Å²) in [4.78, 5) is 11.2. The fourth-order valence-corrected chi connectivity index (χ4v) is 1.31. The maximum Gasteiger partial charge on any atom is 0.322 e. The molecule has 4 nitrogen and oxygen atoms in total. The van der Waals surface area contributed by atoms with E-state index in [1.54, 1.807) is 0 Å². The minimum atomic E-state index is -0.189.